The summed E-state index contributed by atoms with van der Waals surface area (Å²) in [6.45, 7) is 12.0. The van der Waals surface area contributed by atoms with Gasteiger partial charge >= 0.3 is 6.09 Å². The second-order valence-electron chi connectivity index (χ2n) is 6.10. The fourth-order valence-corrected chi connectivity index (χ4v) is 1.83. The molecule has 1 unspecified atom stereocenters. The van der Waals surface area contributed by atoms with E-state index < -0.39 is 11.7 Å². The molecule has 0 fully saturated rings. The highest BCUT2D eigenvalue weighted by molar-refractivity contribution is 5.67. The molecular formula is C14H26N4O2. The number of aryl methyl sites for hydroxylation is 2. The van der Waals surface area contributed by atoms with Gasteiger partial charge in [0.05, 0.1) is 17.1 Å². The summed E-state index contributed by atoms with van der Waals surface area (Å²) in [5.41, 5.74) is 2.57. The number of aromatic nitrogens is 2. The second-order valence-corrected chi connectivity index (χ2v) is 6.10. The zero-order chi connectivity index (χ0) is 15.5. The van der Waals surface area contributed by atoms with Crippen LogP contribution < -0.4 is 10.6 Å². The Balaban J connectivity index is 2.48. The molecule has 1 heterocycles. The maximum Gasteiger partial charge on any atom is 0.407 e. The monoisotopic (exact) mass is 282 g/mol. The van der Waals surface area contributed by atoms with Crippen LogP contribution in [0.25, 0.3) is 0 Å². The average Bonchev–Trinajstić information content (AvgIpc) is 2.51. The molecule has 6 nitrogen and oxygen atoms in total. The van der Waals surface area contributed by atoms with E-state index in [0.717, 1.165) is 17.1 Å². The Morgan fingerprint density at radius 1 is 1.40 bits per heavy atom. The summed E-state index contributed by atoms with van der Waals surface area (Å²) >= 11 is 0. The first-order valence-electron chi connectivity index (χ1n) is 6.83. The normalized spacial score (nSPS) is 12.9. The highest BCUT2D eigenvalue weighted by Gasteiger charge is 2.17. The van der Waals surface area contributed by atoms with E-state index in [4.69, 9.17) is 4.74 Å². The quantitative estimate of drug-likeness (QED) is 0.889. The van der Waals surface area contributed by atoms with Crippen molar-refractivity contribution in [2.75, 3.05) is 11.9 Å². The van der Waals surface area contributed by atoms with E-state index in [-0.39, 0.29) is 6.04 Å². The molecule has 0 spiro atoms. The minimum absolute atomic E-state index is 0.0871. The lowest BCUT2D eigenvalue weighted by Gasteiger charge is -2.21. The molecule has 0 aliphatic heterocycles. The van der Waals surface area contributed by atoms with Gasteiger partial charge in [-0.25, -0.2) is 4.79 Å². The molecule has 2 N–H and O–H groups in total. The Hall–Kier alpha value is -1.72. The van der Waals surface area contributed by atoms with Crippen molar-refractivity contribution in [3.8, 4) is 0 Å². The number of carbonyl (C=O) groups excluding carboxylic acids is 1. The molecule has 0 aromatic carbocycles. The van der Waals surface area contributed by atoms with Crippen molar-refractivity contribution >= 4 is 11.8 Å². The van der Waals surface area contributed by atoms with Gasteiger partial charge in [0.2, 0.25) is 0 Å². The number of anilines is 1. The summed E-state index contributed by atoms with van der Waals surface area (Å²) in [4.78, 5) is 11.6. The number of rotatable bonds is 4. The fraction of sp³-hybridized carbons (Fsp3) is 0.714. The van der Waals surface area contributed by atoms with Crippen LogP contribution in [0.15, 0.2) is 0 Å². The van der Waals surface area contributed by atoms with Crippen molar-refractivity contribution in [2.45, 2.75) is 53.2 Å². The van der Waals surface area contributed by atoms with Crippen LogP contribution in [0.3, 0.4) is 0 Å². The van der Waals surface area contributed by atoms with E-state index in [1.54, 1.807) is 0 Å². The number of hydrogen-bond acceptors (Lipinski definition) is 4. The van der Waals surface area contributed by atoms with E-state index in [9.17, 15) is 4.79 Å². The molecule has 1 aromatic heterocycles. The Morgan fingerprint density at radius 3 is 2.45 bits per heavy atom. The number of carbonyl (C=O) groups is 1. The predicted molar refractivity (Wildman–Crippen MR) is 80.0 cm³/mol. The van der Waals surface area contributed by atoms with Crippen LogP contribution in [0.1, 0.15) is 39.1 Å². The van der Waals surface area contributed by atoms with Gasteiger partial charge in [-0.3, -0.25) is 4.68 Å². The van der Waals surface area contributed by atoms with Gasteiger partial charge in [0, 0.05) is 19.6 Å². The highest BCUT2D eigenvalue weighted by Crippen LogP contribution is 2.19. The van der Waals surface area contributed by atoms with Crippen LogP contribution in [0.4, 0.5) is 10.5 Å². The Morgan fingerprint density at radius 2 is 2.00 bits per heavy atom. The maximum atomic E-state index is 11.6. The first-order valence-corrected chi connectivity index (χ1v) is 6.83. The number of nitrogens with one attached hydrogen (secondary N) is 2. The zero-order valence-electron chi connectivity index (χ0n) is 13.5. The molecule has 6 heteroatoms. The molecule has 1 amide bonds. The van der Waals surface area contributed by atoms with Crippen molar-refractivity contribution in [2.24, 2.45) is 7.05 Å². The van der Waals surface area contributed by atoms with Gasteiger partial charge in [-0.2, -0.15) is 5.10 Å². The topological polar surface area (TPSA) is 68.2 Å². The number of ether oxygens (including phenoxy) is 1. The molecular weight excluding hydrogens is 256 g/mol. The van der Waals surface area contributed by atoms with Crippen LogP contribution >= 0.6 is 0 Å². The van der Waals surface area contributed by atoms with Crippen molar-refractivity contribution in [3.05, 3.63) is 11.4 Å². The molecule has 20 heavy (non-hydrogen) atoms. The van der Waals surface area contributed by atoms with Gasteiger partial charge in [-0.05, 0) is 41.5 Å². The molecule has 0 aliphatic carbocycles. The van der Waals surface area contributed by atoms with Crippen LogP contribution in [0.5, 0.6) is 0 Å². The van der Waals surface area contributed by atoms with Gasteiger partial charge in [-0.1, -0.05) is 0 Å². The molecule has 0 bridgehead atoms. The number of alkyl carbamates (subject to hydrolysis) is 1. The highest BCUT2D eigenvalue weighted by atomic mass is 16.6. The number of nitrogens with zero attached hydrogens (tertiary/aromatic N) is 2. The molecule has 0 saturated carbocycles. The van der Waals surface area contributed by atoms with Gasteiger partial charge < -0.3 is 15.4 Å². The molecule has 0 radical (unpaired) electrons. The standard InChI is InChI=1S/C14H26N4O2/c1-9(8-15-13(19)20-14(4,5)6)16-12-10(2)17-18(7)11(12)3/h9,16H,8H2,1-7H3,(H,15,19). The summed E-state index contributed by atoms with van der Waals surface area (Å²) in [6.07, 6.45) is -0.397. The first-order chi connectivity index (χ1) is 9.10. The number of amides is 1. The molecule has 0 saturated heterocycles. The van der Waals surface area contributed by atoms with Crippen LogP contribution in [0.2, 0.25) is 0 Å². The van der Waals surface area contributed by atoms with Crippen molar-refractivity contribution < 1.29 is 9.53 Å². The van der Waals surface area contributed by atoms with Crippen LogP contribution in [0, 0.1) is 13.8 Å². The summed E-state index contributed by atoms with van der Waals surface area (Å²) < 4.78 is 7.03. The lowest BCUT2D eigenvalue weighted by molar-refractivity contribution is 0.0526. The third-order valence-corrected chi connectivity index (χ3v) is 2.85. The molecule has 0 aliphatic rings. The molecule has 1 rings (SSSR count). The minimum atomic E-state index is -0.475. The van der Waals surface area contributed by atoms with E-state index in [2.05, 4.69) is 15.7 Å². The molecule has 114 valence electrons. The van der Waals surface area contributed by atoms with Crippen molar-refractivity contribution in [1.82, 2.24) is 15.1 Å². The molecule has 1 aromatic rings. The van der Waals surface area contributed by atoms with Crippen molar-refractivity contribution in [1.29, 1.82) is 0 Å². The number of hydrogen-bond donors (Lipinski definition) is 2. The Bertz CT molecular complexity index is 474. The second kappa shape index (κ2) is 6.15. The summed E-state index contributed by atoms with van der Waals surface area (Å²) in [7, 11) is 1.91. The molecule has 1 atom stereocenters. The van der Waals surface area contributed by atoms with Gasteiger partial charge in [0.1, 0.15) is 5.60 Å². The fourth-order valence-electron chi connectivity index (χ4n) is 1.83. The third-order valence-electron chi connectivity index (χ3n) is 2.85. The van der Waals surface area contributed by atoms with E-state index in [1.165, 1.54) is 0 Å². The lowest BCUT2D eigenvalue weighted by atomic mass is 10.2. The van der Waals surface area contributed by atoms with Gasteiger partial charge in [-0.15, -0.1) is 0 Å². The predicted octanol–water partition coefficient (Wildman–Crippen LogP) is 2.36. The maximum absolute atomic E-state index is 11.6. The minimum Gasteiger partial charge on any atom is -0.444 e. The first kappa shape index (κ1) is 16.3. The van der Waals surface area contributed by atoms with Gasteiger partial charge in [0.25, 0.3) is 0 Å². The third kappa shape index (κ3) is 4.75. The lowest BCUT2D eigenvalue weighted by Crippen LogP contribution is -2.38. The SMILES string of the molecule is Cc1nn(C)c(C)c1NC(C)CNC(=O)OC(C)(C)C. The average molecular weight is 282 g/mol. The van der Waals surface area contributed by atoms with E-state index >= 15 is 0 Å². The van der Waals surface area contributed by atoms with Crippen LogP contribution in [-0.2, 0) is 11.8 Å². The largest absolute Gasteiger partial charge is 0.444 e. The summed E-state index contributed by atoms with van der Waals surface area (Å²) in [5.74, 6) is 0. The van der Waals surface area contributed by atoms with E-state index in [0.29, 0.717) is 6.54 Å². The smallest absolute Gasteiger partial charge is 0.407 e. The Labute approximate surface area is 120 Å². The van der Waals surface area contributed by atoms with Gasteiger partial charge in [0.15, 0.2) is 0 Å². The van der Waals surface area contributed by atoms with Crippen LogP contribution in [-0.4, -0.2) is 34.1 Å². The summed E-state index contributed by atoms with van der Waals surface area (Å²) in [6, 6.07) is 0.0871. The van der Waals surface area contributed by atoms with E-state index in [1.807, 2.05) is 53.3 Å². The zero-order valence-corrected chi connectivity index (χ0v) is 13.5. The van der Waals surface area contributed by atoms with Crippen molar-refractivity contribution in [3.63, 3.8) is 0 Å². The summed E-state index contributed by atoms with van der Waals surface area (Å²) in [5, 5.41) is 10.5. The Kier molecular flexibility index (Phi) is 5.03.